The smallest absolute Gasteiger partial charge is 0.0368 e. The molecule has 0 fully saturated rings. The first kappa shape index (κ1) is 11.7. The molecule has 1 aliphatic rings. The van der Waals surface area contributed by atoms with Crippen molar-refractivity contribution in [1.82, 2.24) is 0 Å². The van der Waals surface area contributed by atoms with E-state index in [2.05, 4.69) is 67.6 Å². The molecule has 3 aromatic carbocycles. The summed E-state index contributed by atoms with van der Waals surface area (Å²) in [6, 6.07) is 21.7. The summed E-state index contributed by atoms with van der Waals surface area (Å²) in [6.07, 6.45) is 0. The lowest BCUT2D eigenvalue weighted by Gasteiger charge is -2.32. The zero-order valence-electron chi connectivity index (χ0n) is 11.5. The van der Waals surface area contributed by atoms with Gasteiger partial charge in [0.25, 0.3) is 0 Å². The Labute approximate surface area is 119 Å². The molecule has 4 rings (SSSR count). The van der Waals surface area contributed by atoms with Gasteiger partial charge in [0.05, 0.1) is 0 Å². The Balaban J connectivity index is 2.14. The molecular formula is C19H17N. The maximum absolute atomic E-state index is 6.50. The number of benzene rings is 3. The van der Waals surface area contributed by atoms with Gasteiger partial charge in [0.15, 0.2) is 0 Å². The molecule has 1 aliphatic carbocycles. The second-order valence-corrected chi connectivity index (χ2v) is 5.65. The number of hydrogen-bond donors (Lipinski definition) is 1. The molecule has 98 valence electrons. The van der Waals surface area contributed by atoms with Crippen molar-refractivity contribution in [3.05, 3.63) is 71.8 Å². The van der Waals surface area contributed by atoms with E-state index >= 15 is 0 Å². The van der Waals surface area contributed by atoms with Crippen molar-refractivity contribution < 1.29 is 0 Å². The van der Waals surface area contributed by atoms with Gasteiger partial charge in [0.1, 0.15) is 0 Å². The molecule has 0 radical (unpaired) electrons. The number of hydrogen-bond acceptors (Lipinski definition) is 1. The van der Waals surface area contributed by atoms with Crippen LogP contribution < -0.4 is 5.73 Å². The Hall–Kier alpha value is -2.12. The van der Waals surface area contributed by atoms with Crippen LogP contribution >= 0.6 is 0 Å². The zero-order valence-corrected chi connectivity index (χ0v) is 11.5. The molecule has 0 saturated carbocycles. The average Bonchev–Trinajstić information content (AvgIpc) is 2.51. The summed E-state index contributed by atoms with van der Waals surface area (Å²) in [5.74, 6) is 0.339. The highest BCUT2D eigenvalue weighted by Gasteiger charge is 2.29. The van der Waals surface area contributed by atoms with Crippen LogP contribution in [0.5, 0.6) is 0 Å². The zero-order chi connectivity index (χ0) is 13.7. The van der Waals surface area contributed by atoms with Crippen LogP contribution in [0.25, 0.3) is 21.9 Å². The molecule has 2 unspecified atom stereocenters. The lowest BCUT2D eigenvalue weighted by Crippen LogP contribution is -2.22. The Morgan fingerprint density at radius 1 is 0.800 bits per heavy atom. The molecular weight excluding hydrogens is 242 g/mol. The lowest BCUT2D eigenvalue weighted by molar-refractivity contribution is 0.595. The highest BCUT2D eigenvalue weighted by molar-refractivity contribution is 5.94. The van der Waals surface area contributed by atoms with E-state index in [4.69, 9.17) is 5.73 Å². The largest absolute Gasteiger partial charge is 0.323 e. The van der Waals surface area contributed by atoms with Crippen LogP contribution in [0.2, 0.25) is 0 Å². The van der Waals surface area contributed by atoms with Crippen LogP contribution in [0.15, 0.2) is 60.7 Å². The van der Waals surface area contributed by atoms with E-state index in [1.54, 1.807) is 0 Å². The van der Waals surface area contributed by atoms with E-state index in [0.717, 1.165) is 0 Å². The average molecular weight is 259 g/mol. The number of nitrogens with two attached hydrogens (primary N) is 1. The van der Waals surface area contributed by atoms with Crippen LogP contribution in [0.4, 0.5) is 0 Å². The van der Waals surface area contributed by atoms with Crippen molar-refractivity contribution in [2.75, 3.05) is 0 Å². The molecule has 0 saturated heterocycles. The molecule has 0 bridgehead atoms. The predicted octanol–water partition coefficient (Wildman–Crippen LogP) is 4.62. The van der Waals surface area contributed by atoms with Gasteiger partial charge in [0, 0.05) is 12.0 Å². The van der Waals surface area contributed by atoms with Crippen LogP contribution in [-0.2, 0) is 0 Å². The summed E-state index contributed by atoms with van der Waals surface area (Å²) >= 11 is 0. The van der Waals surface area contributed by atoms with E-state index in [1.165, 1.54) is 33.0 Å². The minimum Gasteiger partial charge on any atom is -0.323 e. The van der Waals surface area contributed by atoms with Crippen molar-refractivity contribution in [1.29, 1.82) is 0 Å². The summed E-state index contributed by atoms with van der Waals surface area (Å²) in [6.45, 7) is 2.24. The summed E-state index contributed by atoms with van der Waals surface area (Å²) in [5, 5.41) is 2.63. The topological polar surface area (TPSA) is 26.0 Å². The fourth-order valence-corrected chi connectivity index (χ4v) is 3.50. The first-order valence-corrected chi connectivity index (χ1v) is 7.14. The van der Waals surface area contributed by atoms with Crippen molar-refractivity contribution in [2.24, 2.45) is 5.73 Å². The van der Waals surface area contributed by atoms with Gasteiger partial charge in [-0.05, 0) is 33.0 Å². The van der Waals surface area contributed by atoms with Gasteiger partial charge < -0.3 is 5.73 Å². The number of fused-ring (bicyclic) bond motifs is 5. The van der Waals surface area contributed by atoms with Crippen LogP contribution in [0, 0.1) is 0 Å². The molecule has 0 heterocycles. The highest BCUT2D eigenvalue weighted by Crippen LogP contribution is 2.46. The maximum atomic E-state index is 6.50. The summed E-state index contributed by atoms with van der Waals surface area (Å²) in [7, 11) is 0. The number of rotatable bonds is 0. The van der Waals surface area contributed by atoms with Gasteiger partial charge in [-0.15, -0.1) is 0 Å². The predicted molar refractivity (Wildman–Crippen MR) is 84.7 cm³/mol. The molecule has 0 amide bonds. The standard InChI is InChI=1S/C19H17N/c1-12-18-14-7-3-2-6-13(14)10-11-16(18)15-8-4-5-9-17(15)19(12)20/h2-12,19H,20H2,1H3. The van der Waals surface area contributed by atoms with Crippen LogP contribution in [0.3, 0.4) is 0 Å². The maximum Gasteiger partial charge on any atom is 0.0368 e. The summed E-state index contributed by atoms with van der Waals surface area (Å²) in [5.41, 5.74) is 11.8. The van der Waals surface area contributed by atoms with Crippen LogP contribution in [0.1, 0.15) is 30.0 Å². The Bertz CT molecular complexity index is 804. The first-order valence-electron chi connectivity index (χ1n) is 7.14. The highest BCUT2D eigenvalue weighted by atomic mass is 14.7. The minimum absolute atomic E-state index is 0.0736. The van der Waals surface area contributed by atoms with Gasteiger partial charge in [-0.25, -0.2) is 0 Å². The van der Waals surface area contributed by atoms with E-state index in [0.29, 0.717) is 5.92 Å². The van der Waals surface area contributed by atoms with E-state index in [9.17, 15) is 0 Å². The van der Waals surface area contributed by atoms with Crippen molar-refractivity contribution in [3.8, 4) is 11.1 Å². The van der Waals surface area contributed by atoms with Gasteiger partial charge in [0.2, 0.25) is 0 Å². The molecule has 20 heavy (non-hydrogen) atoms. The second kappa shape index (κ2) is 4.19. The third kappa shape index (κ3) is 1.47. The molecule has 1 nitrogen and oxygen atoms in total. The first-order chi connectivity index (χ1) is 9.77. The Morgan fingerprint density at radius 3 is 2.45 bits per heavy atom. The van der Waals surface area contributed by atoms with Gasteiger partial charge in [-0.3, -0.25) is 0 Å². The fraction of sp³-hybridized carbons (Fsp3) is 0.158. The van der Waals surface area contributed by atoms with Crippen LogP contribution in [-0.4, -0.2) is 0 Å². The molecule has 2 atom stereocenters. The normalized spacial score (nSPS) is 20.5. The van der Waals surface area contributed by atoms with Gasteiger partial charge in [-0.2, -0.15) is 0 Å². The monoisotopic (exact) mass is 259 g/mol. The summed E-state index contributed by atoms with van der Waals surface area (Å²) < 4.78 is 0. The molecule has 0 aliphatic heterocycles. The van der Waals surface area contributed by atoms with Crippen molar-refractivity contribution in [2.45, 2.75) is 18.9 Å². The molecule has 2 N–H and O–H groups in total. The van der Waals surface area contributed by atoms with E-state index < -0.39 is 0 Å². The fourth-order valence-electron chi connectivity index (χ4n) is 3.50. The second-order valence-electron chi connectivity index (χ2n) is 5.65. The molecule has 0 aromatic heterocycles. The molecule has 3 aromatic rings. The minimum atomic E-state index is 0.0736. The van der Waals surface area contributed by atoms with Crippen molar-refractivity contribution in [3.63, 3.8) is 0 Å². The summed E-state index contributed by atoms with van der Waals surface area (Å²) in [4.78, 5) is 0. The lowest BCUT2D eigenvalue weighted by atomic mass is 9.75. The quantitative estimate of drug-likeness (QED) is 0.626. The van der Waals surface area contributed by atoms with E-state index in [-0.39, 0.29) is 6.04 Å². The van der Waals surface area contributed by atoms with Gasteiger partial charge in [-0.1, -0.05) is 67.6 Å². The third-order valence-corrected chi connectivity index (χ3v) is 4.57. The molecule has 1 heteroatoms. The van der Waals surface area contributed by atoms with Gasteiger partial charge >= 0.3 is 0 Å². The molecule has 0 spiro atoms. The third-order valence-electron chi connectivity index (χ3n) is 4.57. The SMILES string of the molecule is CC1c2c(ccc3ccccc23)-c2ccccc2C1N. The van der Waals surface area contributed by atoms with E-state index in [1.807, 2.05) is 0 Å². The Kier molecular flexibility index (Phi) is 2.45. The Morgan fingerprint density at radius 2 is 1.55 bits per heavy atom. The van der Waals surface area contributed by atoms with Crippen molar-refractivity contribution >= 4 is 10.8 Å².